The van der Waals surface area contributed by atoms with Gasteiger partial charge in [0, 0.05) is 13.1 Å². The summed E-state index contributed by atoms with van der Waals surface area (Å²) in [5.41, 5.74) is 3.21. The molecule has 0 aliphatic rings. The number of rotatable bonds is 13. The molecule has 0 bridgehead atoms. The second kappa shape index (κ2) is 11.1. The van der Waals surface area contributed by atoms with Crippen LogP contribution in [0.1, 0.15) is 37.2 Å². The number of hydrogen-bond acceptors (Lipinski definition) is 10. The summed E-state index contributed by atoms with van der Waals surface area (Å²) in [5, 5.41) is 6.57. The number of hydrogen-bond donors (Lipinski definition) is 2. The average Bonchev–Trinajstić information content (AvgIpc) is 3.76. The van der Waals surface area contributed by atoms with Crippen LogP contribution in [0.3, 0.4) is 0 Å². The molecule has 12 heteroatoms. The molecule has 0 atom stereocenters. The summed E-state index contributed by atoms with van der Waals surface area (Å²) in [4.78, 5) is 26.7. The highest BCUT2D eigenvalue weighted by Crippen LogP contribution is 2.20. The van der Waals surface area contributed by atoms with Gasteiger partial charge in [-0.15, -0.1) is 0 Å². The van der Waals surface area contributed by atoms with Gasteiger partial charge >= 0.3 is 0 Å². The van der Waals surface area contributed by atoms with Gasteiger partial charge in [0.25, 0.3) is 0 Å². The standard InChI is InChI=1S/C26H28N10O2/c1(3-9-35-17-33-21-23(29-15-31-25(21)35)27-13-19-7-5-11-37-19)2-4-10-36-18-34-22-24(30-16-32-26(22)36)28-14-20-8-6-12-38-20/h5-8,11-12,15-18H,1-4,9-10,13-14H2,(H,27,29,31)(H,28,30,32). The van der Waals surface area contributed by atoms with Gasteiger partial charge in [0.2, 0.25) is 0 Å². The molecule has 0 fully saturated rings. The largest absolute Gasteiger partial charge is 0.467 e. The molecule has 6 aromatic heterocycles. The van der Waals surface area contributed by atoms with E-state index in [9.17, 15) is 0 Å². The molecule has 0 saturated heterocycles. The van der Waals surface area contributed by atoms with Gasteiger partial charge in [0.05, 0.1) is 38.3 Å². The first-order valence-corrected chi connectivity index (χ1v) is 12.7. The average molecular weight is 513 g/mol. The van der Waals surface area contributed by atoms with Gasteiger partial charge in [0.15, 0.2) is 22.9 Å². The highest BCUT2D eigenvalue weighted by molar-refractivity contribution is 5.83. The van der Waals surface area contributed by atoms with Crippen LogP contribution in [0.5, 0.6) is 0 Å². The minimum Gasteiger partial charge on any atom is -0.467 e. The Morgan fingerprint density at radius 2 is 1.11 bits per heavy atom. The molecular weight excluding hydrogens is 484 g/mol. The van der Waals surface area contributed by atoms with Crippen LogP contribution >= 0.6 is 0 Å². The van der Waals surface area contributed by atoms with E-state index < -0.39 is 0 Å². The highest BCUT2D eigenvalue weighted by Gasteiger charge is 2.12. The lowest BCUT2D eigenvalue weighted by Crippen LogP contribution is -2.03. The predicted octanol–water partition coefficient (Wildman–Crippen LogP) is 4.64. The van der Waals surface area contributed by atoms with Crippen molar-refractivity contribution in [2.45, 2.75) is 51.9 Å². The van der Waals surface area contributed by atoms with E-state index in [1.807, 2.05) is 36.9 Å². The number of aryl methyl sites for hydroxylation is 2. The first-order chi connectivity index (χ1) is 18.8. The Morgan fingerprint density at radius 3 is 1.55 bits per heavy atom. The zero-order valence-electron chi connectivity index (χ0n) is 20.8. The van der Waals surface area contributed by atoms with Crippen LogP contribution in [0.2, 0.25) is 0 Å². The lowest BCUT2D eigenvalue weighted by Gasteiger charge is -2.07. The van der Waals surface area contributed by atoms with Crippen LogP contribution in [0.15, 0.2) is 70.9 Å². The van der Waals surface area contributed by atoms with Crippen molar-refractivity contribution in [2.75, 3.05) is 10.6 Å². The quantitative estimate of drug-likeness (QED) is 0.211. The van der Waals surface area contributed by atoms with Gasteiger partial charge in [-0.3, -0.25) is 0 Å². The smallest absolute Gasteiger partial charge is 0.165 e. The topological polar surface area (TPSA) is 138 Å². The second-order valence-corrected chi connectivity index (χ2v) is 8.94. The Labute approximate surface area is 218 Å². The lowest BCUT2D eigenvalue weighted by molar-refractivity contribution is 0.517. The molecule has 6 heterocycles. The number of unbranched alkanes of at least 4 members (excludes halogenated alkanes) is 3. The van der Waals surface area contributed by atoms with E-state index in [2.05, 4.69) is 49.7 Å². The van der Waals surface area contributed by atoms with Crippen molar-refractivity contribution in [1.29, 1.82) is 0 Å². The van der Waals surface area contributed by atoms with Crippen molar-refractivity contribution in [3.05, 3.63) is 73.6 Å². The maximum Gasteiger partial charge on any atom is 0.165 e. The Balaban J connectivity index is 0.979. The molecule has 12 nitrogen and oxygen atoms in total. The summed E-state index contributed by atoms with van der Waals surface area (Å²) in [6.07, 6.45) is 14.4. The van der Waals surface area contributed by atoms with E-state index in [1.54, 1.807) is 25.2 Å². The van der Waals surface area contributed by atoms with Gasteiger partial charge in [-0.25, -0.2) is 29.9 Å². The zero-order valence-corrected chi connectivity index (χ0v) is 20.8. The zero-order chi connectivity index (χ0) is 25.6. The molecule has 6 rings (SSSR count). The van der Waals surface area contributed by atoms with Gasteiger partial charge in [0.1, 0.15) is 35.2 Å². The van der Waals surface area contributed by atoms with E-state index >= 15 is 0 Å². The van der Waals surface area contributed by atoms with E-state index in [4.69, 9.17) is 8.83 Å². The van der Waals surface area contributed by atoms with E-state index in [1.165, 1.54) is 0 Å². The molecule has 2 N–H and O–H groups in total. The number of furan rings is 2. The third-order valence-electron chi connectivity index (χ3n) is 6.37. The van der Waals surface area contributed by atoms with Crippen molar-refractivity contribution in [1.82, 2.24) is 39.0 Å². The minimum atomic E-state index is 0.549. The molecule has 0 aromatic carbocycles. The number of nitrogens with zero attached hydrogens (tertiary/aromatic N) is 8. The number of aromatic nitrogens is 8. The van der Waals surface area contributed by atoms with Crippen LogP contribution in [-0.2, 0) is 26.2 Å². The lowest BCUT2D eigenvalue weighted by atomic mass is 10.2. The summed E-state index contributed by atoms with van der Waals surface area (Å²) in [6.45, 7) is 2.81. The summed E-state index contributed by atoms with van der Waals surface area (Å²) >= 11 is 0. The van der Waals surface area contributed by atoms with Gasteiger partial charge in [-0.05, 0) is 37.1 Å². The van der Waals surface area contributed by atoms with Gasteiger partial charge in [-0.1, -0.05) is 12.8 Å². The van der Waals surface area contributed by atoms with Crippen LogP contribution in [0.4, 0.5) is 11.6 Å². The molecule has 0 spiro atoms. The molecule has 6 aromatic rings. The third kappa shape index (κ3) is 5.19. The number of anilines is 2. The van der Waals surface area contributed by atoms with Crippen LogP contribution in [0, 0.1) is 0 Å². The molecule has 0 aliphatic heterocycles. The van der Waals surface area contributed by atoms with Crippen LogP contribution in [-0.4, -0.2) is 39.0 Å². The second-order valence-electron chi connectivity index (χ2n) is 8.94. The molecular formula is C26H28N10O2. The van der Waals surface area contributed by atoms with Crippen molar-refractivity contribution >= 4 is 34.0 Å². The van der Waals surface area contributed by atoms with Crippen LogP contribution < -0.4 is 10.6 Å². The molecule has 0 amide bonds. The monoisotopic (exact) mass is 512 g/mol. The maximum absolute atomic E-state index is 5.38. The fourth-order valence-corrected chi connectivity index (χ4v) is 4.43. The Hall–Kier alpha value is -4.74. The van der Waals surface area contributed by atoms with E-state index in [-0.39, 0.29) is 0 Å². The predicted molar refractivity (Wildman–Crippen MR) is 141 cm³/mol. The van der Waals surface area contributed by atoms with Crippen LogP contribution in [0.25, 0.3) is 22.3 Å². The fraction of sp³-hybridized carbons (Fsp3) is 0.308. The van der Waals surface area contributed by atoms with Crippen molar-refractivity contribution in [3.63, 3.8) is 0 Å². The van der Waals surface area contributed by atoms with Crippen molar-refractivity contribution in [3.8, 4) is 0 Å². The Bertz CT molecular complexity index is 1470. The number of nitrogens with one attached hydrogen (secondary N) is 2. The highest BCUT2D eigenvalue weighted by atomic mass is 16.3. The Morgan fingerprint density at radius 1 is 0.605 bits per heavy atom. The van der Waals surface area contributed by atoms with Crippen molar-refractivity contribution in [2.24, 2.45) is 0 Å². The minimum absolute atomic E-state index is 0.549. The maximum atomic E-state index is 5.38. The normalized spacial score (nSPS) is 11.5. The Kier molecular flexibility index (Phi) is 6.92. The fourth-order valence-electron chi connectivity index (χ4n) is 4.43. The molecule has 38 heavy (non-hydrogen) atoms. The van der Waals surface area contributed by atoms with Gasteiger partial charge in [-0.2, -0.15) is 0 Å². The van der Waals surface area contributed by atoms with Gasteiger partial charge < -0.3 is 28.6 Å². The number of imidazole rings is 2. The molecule has 0 aliphatic carbocycles. The summed E-state index contributed by atoms with van der Waals surface area (Å²) in [6, 6.07) is 7.58. The third-order valence-corrected chi connectivity index (χ3v) is 6.37. The first-order valence-electron chi connectivity index (χ1n) is 12.7. The summed E-state index contributed by atoms with van der Waals surface area (Å²) < 4.78 is 14.9. The number of fused-ring (bicyclic) bond motifs is 2. The molecule has 0 radical (unpaired) electrons. The SMILES string of the molecule is c1coc(CNc2ncnc3c2ncn3CCCCCCn2cnc3c(NCc4ccco4)ncnc32)c1. The summed E-state index contributed by atoms with van der Waals surface area (Å²) in [7, 11) is 0. The van der Waals surface area contributed by atoms with Crippen molar-refractivity contribution < 1.29 is 8.83 Å². The van der Waals surface area contributed by atoms with E-state index in [0.29, 0.717) is 24.7 Å². The van der Waals surface area contributed by atoms with E-state index in [0.717, 1.165) is 72.6 Å². The summed E-state index contributed by atoms with van der Waals surface area (Å²) in [5.74, 6) is 3.10. The first kappa shape index (κ1) is 23.6. The molecule has 0 saturated carbocycles. The molecule has 194 valence electrons. The molecule has 0 unspecified atom stereocenters.